The van der Waals surface area contributed by atoms with Crippen molar-refractivity contribution >= 4 is 0 Å². The van der Waals surface area contributed by atoms with Gasteiger partial charge in [-0.05, 0) is 32.5 Å². The molecule has 0 amide bonds. The Kier molecular flexibility index (Phi) is 7.68. The minimum absolute atomic E-state index is 0.471. The van der Waals surface area contributed by atoms with Crippen LogP contribution in [0.1, 0.15) is 50.4 Å². The van der Waals surface area contributed by atoms with Gasteiger partial charge in [0, 0.05) is 24.8 Å². The summed E-state index contributed by atoms with van der Waals surface area (Å²) in [6, 6.07) is 6.67. The molecule has 0 fully saturated rings. The molecule has 1 aromatic heterocycles. The maximum Gasteiger partial charge on any atom is 0.0547 e. The second kappa shape index (κ2) is 9.05. The summed E-state index contributed by atoms with van der Waals surface area (Å²) in [4.78, 5) is 6.90. The molecule has 0 saturated heterocycles. The van der Waals surface area contributed by atoms with Gasteiger partial charge in [-0.15, -0.1) is 0 Å². The predicted octanol–water partition coefficient (Wildman–Crippen LogP) is 3.12. The summed E-state index contributed by atoms with van der Waals surface area (Å²) in [7, 11) is 2.15. The molecule has 0 aliphatic heterocycles. The van der Waals surface area contributed by atoms with Gasteiger partial charge in [-0.25, -0.2) is 0 Å². The lowest BCUT2D eigenvalue weighted by Crippen LogP contribution is -2.37. The number of pyridine rings is 1. The molecule has 0 radical (unpaired) electrons. The molecule has 3 heteroatoms. The van der Waals surface area contributed by atoms with Gasteiger partial charge < -0.3 is 5.73 Å². The number of aryl methyl sites for hydroxylation is 1. The maximum absolute atomic E-state index is 5.91. The van der Waals surface area contributed by atoms with Gasteiger partial charge in [-0.2, -0.15) is 0 Å². The van der Waals surface area contributed by atoms with Crippen LogP contribution in [0.5, 0.6) is 0 Å². The quantitative estimate of drug-likeness (QED) is 0.696. The van der Waals surface area contributed by atoms with Crippen molar-refractivity contribution in [2.24, 2.45) is 5.73 Å². The molecule has 1 atom stereocenters. The van der Waals surface area contributed by atoms with E-state index in [1.807, 2.05) is 13.0 Å². The minimum atomic E-state index is 0.471. The lowest BCUT2D eigenvalue weighted by Gasteiger charge is -2.26. The Bertz CT molecular complexity index is 352. The first kappa shape index (κ1) is 16.1. The number of aromatic nitrogens is 1. The Balaban J connectivity index is 2.42. The normalized spacial score (nSPS) is 12.9. The van der Waals surface area contributed by atoms with E-state index >= 15 is 0 Å². The van der Waals surface area contributed by atoms with Crippen molar-refractivity contribution in [1.82, 2.24) is 9.88 Å². The van der Waals surface area contributed by atoms with Gasteiger partial charge in [0.1, 0.15) is 0 Å². The van der Waals surface area contributed by atoms with Crippen LogP contribution in [0.25, 0.3) is 0 Å². The number of hydrogen-bond acceptors (Lipinski definition) is 3. The topological polar surface area (TPSA) is 42.1 Å². The Morgan fingerprint density at radius 1 is 1.26 bits per heavy atom. The Morgan fingerprint density at radius 3 is 2.68 bits per heavy atom. The number of unbranched alkanes of at least 4 members (excludes halogenated alkanes) is 3. The molecule has 0 aromatic carbocycles. The highest BCUT2D eigenvalue weighted by Gasteiger charge is 2.13. The van der Waals surface area contributed by atoms with Crippen molar-refractivity contribution in [2.45, 2.75) is 58.5 Å². The van der Waals surface area contributed by atoms with Crippen LogP contribution in [0, 0.1) is 6.92 Å². The fraction of sp³-hybridized carbons (Fsp3) is 0.688. The third-order valence-corrected chi connectivity index (χ3v) is 3.64. The van der Waals surface area contributed by atoms with Gasteiger partial charge in [0.25, 0.3) is 0 Å². The third kappa shape index (κ3) is 6.17. The van der Waals surface area contributed by atoms with Crippen molar-refractivity contribution < 1.29 is 0 Å². The van der Waals surface area contributed by atoms with Crippen molar-refractivity contribution in [2.75, 3.05) is 13.6 Å². The van der Waals surface area contributed by atoms with Gasteiger partial charge in [0.15, 0.2) is 0 Å². The predicted molar refractivity (Wildman–Crippen MR) is 82.0 cm³/mol. The smallest absolute Gasteiger partial charge is 0.0547 e. The monoisotopic (exact) mass is 263 g/mol. The van der Waals surface area contributed by atoms with Crippen molar-refractivity contribution in [3.05, 3.63) is 29.6 Å². The second-order valence-electron chi connectivity index (χ2n) is 5.42. The lowest BCUT2D eigenvalue weighted by atomic mass is 10.1. The van der Waals surface area contributed by atoms with Crippen LogP contribution in [0.15, 0.2) is 18.2 Å². The molecule has 1 heterocycles. The Hall–Kier alpha value is -0.930. The summed E-state index contributed by atoms with van der Waals surface area (Å²) in [5.74, 6) is 0. The summed E-state index contributed by atoms with van der Waals surface area (Å²) in [6.07, 6.45) is 6.42. The Morgan fingerprint density at radius 2 is 2.05 bits per heavy atom. The highest BCUT2D eigenvalue weighted by atomic mass is 15.1. The summed E-state index contributed by atoms with van der Waals surface area (Å²) in [6.45, 7) is 5.90. The van der Waals surface area contributed by atoms with Crippen molar-refractivity contribution in [1.29, 1.82) is 0 Å². The molecule has 0 saturated carbocycles. The van der Waals surface area contributed by atoms with Gasteiger partial charge >= 0.3 is 0 Å². The SMILES string of the molecule is CCCCCCC(CN)N(C)Cc1cccc(C)n1. The van der Waals surface area contributed by atoms with Crippen LogP contribution < -0.4 is 5.73 Å². The van der Waals surface area contributed by atoms with Crippen LogP contribution >= 0.6 is 0 Å². The fourth-order valence-electron chi connectivity index (χ4n) is 2.40. The van der Waals surface area contributed by atoms with Gasteiger partial charge in [-0.3, -0.25) is 9.88 Å². The van der Waals surface area contributed by atoms with Gasteiger partial charge in [0.05, 0.1) is 5.69 Å². The number of likely N-dealkylation sites (N-methyl/N-ethyl adjacent to an activating group) is 1. The maximum atomic E-state index is 5.91. The number of hydrogen-bond donors (Lipinski definition) is 1. The first-order valence-corrected chi connectivity index (χ1v) is 7.50. The average Bonchev–Trinajstić information content (AvgIpc) is 2.38. The highest BCUT2D eigenvalue weighted by molar-refractivity contribution is 5.09. The van der Waals surface area contributed by atoms with E-state index in [-0.39, 0.29) is 0 Å². The van der Waals surface area contributed by atoms with Crippen LogP contribution in [-0.2, 0) is 6.54 Å². The zero-order valence-electron chi connectivity index (χ0n) is 12.7. The van der Waals surface area contributed by atoms with E-state index in [4.69, 9.17) is 5.73 Å². The summed E-state index contributed by atoms with van der Waals surface area (Å²) in [5.41, 5.74) is 8.13. The molecule has 108 valence electrons. The molecule has 1 rings (SSSR count). The summed E-state index contributed by atoms with van der Waals surface area (Å²) >= 11 is 0. The first-order valence-electron chi connectivity index (χ1n) is 7.50. The van der Waals surface area contributed by atoms with Crippen LogP contribution in [0.2, 0.25) is 0 Å². The zero-order valence-corrected chi connectivity index (χ0v) is 12.7. The molecule has 1 unspecified atom stereocenters. The van der Waals surface area contributed by atoms with Crippen LogP contribution in [0.3, 0.4) is 0 Å². The number of nitrogens with zero attached hydrogens (tertiary/aromatic N) is 2. The number of rotatable bonds is 9. The largest absolute Gasteiger partial charge is 0.329 e. The van der Waals surface area contributed by atoms with Gasteiger partial charge in [0.2, 0.25) is 0 Å². The molecular formula is C16H29N3. The third-order valence-electron chi connectivity index (χ3n) is 3.64. The second-order valence-corrected chi connectivity index (χ2v) is 5.42. The summed E-state index contributed by atoms with van der Waals surface area (Å²) < 4.78 is 0. The van der Waals surface area contributed by atoms with E-state index in [9.17, 15) is 0 Å². The summed E-state index contributed by atoms with van der Waals surface area (Å²) in [5, 5.41) is 0. The van der Waals surface area contributed by atoms with Crippen molar-refractivity contribution in [3.63, 3.8) is 0 Å². The Labute approximate surface area is 118 Å². The van der Waals surface area contributed by atoms with E-state index in [0.717, 1.165) is 24.5 Å². The standard InChI is InChI=1S/C16H29N3/c1-4-5-6-7-11-16(12-17)19(3)13-15-10-8-9-14(2)18-15/h8-10,16H,4-7,11-13,17H2,1-3H3. The highest BCUT2D eigenvalue weighted by Crippen LogP contribution is 2.11. The molecule has 0 spiro atoms. The van der Waals surface area contributed by atoms with E-state index in [2.05, 4.69) is 36.0 Å². The molecule has 0 bridgehead atoms. The molecule has 0 aliphatic carbocycles. The van der Waals surface area contributed by atoms with E-state index < -0.39 is 0 Å². The molecule has 1 aromatic rings. The molecule has 3 nitrogen and oxygen atoms in total. The molecule has 19 heavy (non-hydrogen) atoms. The molecule has 0 aliphatic rings. The van der Waals surface area contributed by atoms with E-state index in [1.165, 1.54) is 32.1 Å². The van der Waals surface area contributed by atoms with Crippen LogP contribution in [-0.4, -0.2) is 29.5 Å². The van der Waals surface area contributed by atoms with Gasteiger partial charge in [-0.1, -0.05) is 38.7 Å². The van der Waals surface area contributed by atoms with Crippen LogP contribution in [0.4, 0.5) is 0 Å². The van der Waals surface area contributed by atoms with Crippen molar-refractivity contribution in [3.8, 4) is 0 Å². The minimum Gasteiger partial charge on any atom is -0.329 e. The van der Waals surface area contributed by atoms with E-state index in [1.54, 1.807) is 0 Å². The lowest BCUT2D eigenvalue weighted by molar-refractivity contribution is 0.220. The number of nitrogens with two attached hydrogens (primary N) is 1. The van der Waals surface area contributed by atoms with E-state index in [0.29, 0.717) is 6.04 Å². The molecular weight excluding hydrogens is 234 g/mol. The first-order chi connectivity index (χ1) is 9.17. The fourth-order valence-corrected chi connectivity index (χ4v) is 2.40. The zero-order chi connectivity index (χ0) is 14.1. The average molecular weight is 263 g/mol. The molecule has 2 N–H and O–H groups in total.